The van der Waals surface area contributed by atoms with Gasteiger partial charge in [-0.15, -0.1) is 47.2 Å². The molecular weight excluding hydrogens is 968 g/mol. The van der Waals surface area contributed by atoms with E-state index in [2.05, 4.69) is 114 Å². The van der Waals surface area contributed by atoms with E-state index in [9.17, 15) is 5.11 Å². The van der Waals surface area contributed by atoms with E-state index in [4.69, 9.17) is 34.0 Å². The number of nitrogens with two attached hydrogens (primary N) is 1. The average molecular weight is 1030 g/mol. The van der Waals surface area contributed by atoms with Gasteiger partial charge in [0, 0.05) is 94.4 Å². The molecule has 3 aromatic heterocycles. The molecule has 3 unspecified atom stereocenters. The van der Waals surface area contributed by atoms with Crippen LogP contribution in [0.3, 0.4) is 0 Å². The first-order chi connectivity index (χ1) is 31.2. The highest BCUT2D eigenvalue weighted by molar-refractivity contribution is 14.0. The molecule has 4 N–H and O–H groups in total. The molecule has 0 spiro atoms. The van der Waals surface area contributed by atoms with Crippen molar-refractivity contribution in [2.24, 2.45) is 0 Å². The molecule has 0 radical (unpaired) electrons. The summed E-state index contributed by atoms with van der Waals surface area (Å²) in [4.78, 5) is 24.7. The van der Waals surface area contributed by atoms with Gasteiger partial charge in [0.05, 0.1) is 30.7 Å². The van der Waals surface area contributed by atoms with Gasteiger partial charge in [-0.1, -0.05) is 103 Å². The van der Waals surface area contributed by atoms with Crippen molar-refractivity contribution < 1.29 is 10.2 Å². The van der Waals surface area contributed by atoms with Crippen LogP contribution in [-0.4, -0.2) is 119 Å². The van der Waals surface area contributed by atoms with Crippen LogP contribution in [0.15, 0.2) is 140 Å². The fourth-order valence-corrected chi connectivity index (χ4v) is 8.97. The number of rotatable bonds is 9. The van der Waals surface area contributed by atoms with Crippen molar-refractivity contribution in [3.05, 3.63) is 179 Å². The van der Waals surface area contributed by atoms with Gasteiger partial charge in [0.2, 0.25) is 0 Å². The van der Waals surface area contributed by atoms with Gasteiger partial charge in [-0.05, 0) is 67.2 Å². The molecular formula is C51H64Cl2IN9O2. The third kappa shape index (κ3) is 14.6. The van der Waals surface area contributed by atoms with Crippen LogP contribution in [0.1, 0.15) is 56.4 Å². The predicted octanol–water partition coefficient (Wildman–Crippen LogP) is 8.46. The number of hydrogen-bond donors (Lipinski definition) is 3. The minimum Gasteiger partial charge on any atom is -0.392 e. The first kappa shape index (κ1) is 51.6. The van der Waals surface area contributed by atoms with Crippen molar-refractivity contribution in [1.29, 1.82) is 0 Å². The number of hydrogen-bond acceptors (Lipinski definition) is 11. The van der Waals surface area contributed by atoms with Crippen LogP contribution >= 0.6 is 47.2 Å². The Bertz CT molecular complexity index is 2300. The molecule has 9 rings (SSSR count). The highest BCUT2D eigenvalue weighted by Gasteiger charge is 2.33. The van der Waals surface area contributed by atoms with E-state index >= 15 is 0 Å². The van der Waals surface area contributed by atoms with Gasteiger partial charge in [-0.25, -0.2) is 15.0 Å². The molecule has 3 aromatic carbocycles. The van der Waals surface area contributed by atoms with Crippen molar-refractivity contribution in [3.8, 4) is 0 Å². The average Bonchev–Trinajstić information content (AvgIpc) is 3.47. The first-order valence-corrected chi connectivity index (χ1v) is 22.9. The molecule has 2 saturated heterocycles. The summed E-state index contributed by atoms with van der Waals surface area (Å²) >= 11 is 11.9. The van der Waals surface area contributed by atoms with Gasteiger partial charge in [0.1, 0.15) is 17.5 Å². The molecule has 0 saturated carbocycles. The number of aliphatic hydroxyl groups excluding tert-OH is 2. The van der Waals surface area contributed by atoms with Crippen molar-refractivity contribution in [1.82, 2.24) is 29.7 Å². The fraction of sp³-hybridized carbons (Fsp3) is 0.353. The third-order valence-corrected chi connectivity index (χ3v) is 12.4. The van der Waals surface area contributed by atoms with Crippen LogP contribution in [0.5, 0.6) is 0 Å². The van der Waals surface area contributed by atoms with Gasteiger partial charge in [-0.3, -0.25) is 0 Å². The van der Waals surface area contributed by atoms with Crippen molar-refractivity contribution >= 4 is 64.6 Å². The quantitative estimate of drug-likeness (QED) is 0.0956. The number of aliphatic hydroxyl groups is 2. The van der Waals surface area contributed by atoms with E-state index in [0.29, 0.717) is 23.3 Å². The van der Waals surface area contributed by atoms with Gasteiger partial charge < -0.3 is 40.4 Å². The van der Waals surface area contributed by atoms with E-state index in [0.717, 1.165) is 75.7 Å². The molecule has 3 aliphatic rings. The molecule has 3 aliphatic heterocycles. The smallest absolute Gasteiger partial charge is 0.134 e. The second kappa shape index (κ2) is 26.7. The fourth-order valence-electron chi connectivity index (χ4n) is 8.30. The number of fused-ring (bicyclic) bond motifs is 5. The lowest BCUT2D eigenvalue weighted by molar-refractivity contribution is 0.262. The molecule has 2 fully saturated rings. The third-order valence-electron chi connectivity index (χ3n) is 11.8. The number of benzene rings is 3. The Balaban J connectivity index is 0.000000169. The zero-order valence-corrected chi connectivity index (χ0v) is 41.6. The summed E-state index contributed by atoms with van der Waals surface area (Å²) in [5.74, 6) is 3.14. The topological polar surface area (TPSA) is 121 Å². The van der Waals surface area contributed by atoms with Crippen LogP contribution in [0, 0.1) is 0 Å². The number of pyridine rings is 3. The standard InChI is InChI=1S/C17H21N3O.C17H19N3.C11H15Cl2N.C6H8N2O.HI/c1-19-10-11-20(17-15(13-21)8-5-9-18-17)16(12-19)14-6-3-2-4-7-14;1-19-9-10-20-16(12-19)15-7-3-2-5-13(15)11-14-6-4-8-18-17(14)20;1-14(8-7-12)9-11(13)10-5-3-2-4-6-10;7-6-5(4-9)2-1-3-8-6;/h2-9,16,21H,10-13H2,1H3;2-8,16H,9-12H2,1H3;2-6,11H,7-9H2,1H3;1-3,9H,4H2,(H2,7,8);1H. The summed E-state index contributed by atoms with van der Waals surface area (Å²) in [6, 6.07) is 41.8. The number of nitrogens with zero attached hydrogens (tertiary/aromatic N) is 8. The molecule has 346 valence electrons. The number of anilines is 3. The lowest BCUT2D eigenvalue weighted by Gasteiger charge is -2.41. The SMILES string of the molecule is CN(CCCl)CC(Cl)c1ccccc1.CN1CCN(c2ncccc2CO)C(c2ccccc2)C1.CN1CCN2c3ncccc3Cc3ccccc3C2C1.I.Nc1ncccc1CO. The molecule has 14 heteroatoms. The first-order valence-electron chi connectivity index (χ1n) is 22.0. The molecule has 11 nitrogen and oxygen atoms in total. The lowest BCUT2D eigenvalue weighted by Crippen LogP contribution is -2.47. The number of nitrogen functional groups attached to an aromatic ring is 1. The molecule has 6 heterocycles. The Morgan fingerprint density at radius 2 is 1.20 bits per heavy atom. The van der Waals surface area contributed by atoms with Crippen molar-refractivity contribution in [2.45, 2.75) is 37.1 Å². The molecule has 0 amide bonds. The van der Waals surface area contributed by atoms with Gasteiger partial charge in [0.25, 0.3) is 0 Å². The Labute approximate surface area is 412 Å². The summed E-state index contributed by atoms with van der Waals surface area (Å²) < 4.78 is 0. The van der Waals surface area contributed by atoms with E-state index in [1.165, 1.54) is 28.1 Å². The zero-order chi connectivity index (χ0) is 45.3. The van der Waals surface area contributed by atoms with E-state index in [-0.39, 0.29) is 48.6 Å². The summed E-state index contributed by atoms with van der Waals surface area (Å²) in [6.07, 6.45) is 6.31. The van der Waals surface area contributed by atoms with Crippen molar-refractivity contribution in [3.63, 3.8) is 0 Å². The Morgan fingerprint density at radius 1 is 0.662 bits per heavy atom. The Kier molecular flexibility index (Phi) is 21.2. The van der Waals surface area contributed by atoms with Gasteiger partial charge in [0.15, 0.2) is 0 Å². The molecule has 0 bridgehead atoms. The number of alkyl halides is 2. The number of piperazine rings is 2. The summed E-state index contributed by atoms with van der Waals surface area (Å²) in [7, 11) is 6.39. The summed E-state index contributed by atoms with van der Waals surface area (Å²) in [6.45, 7) is 7.81. The predicted molar refractivity (Wildman–Crippen MR) is 278 cm³/mol. The minimum atomic E-state index is -0.0420. The van der Waals surface area contributed by atoms with Gasteiger partial charge >= 0.3 is 0 Å². The highest BCUT2D eigenvalue weighted by atomic mass is 127. The Hall–Kier alpha value is -4.38. The molecule has 6 aromatic rings. The normalized spacial score (nSPS) is 17.2. The van der Waals surface area contributed by atoms with Crippen molar-refractivity contribution in [2.75, 3.05) is 94.9 Å². The minimum absolute atomic E-state index is 0. The second-order valence-electron chi connectivity index (χ2n) is 16.4. The highest BCUT2D eigenvalue weighted by Crippen LogP contribution is 2.38. The molecule has 0 aliphatic carbocycles. The van der Waals surface area contributed by atoms with Crippen LogP contribution in [0.4, 0.5) is 17.5 Å². The maximum absolute atomic E-state index is 9.58. The van der Waals surface area contributed by atoms with E-state index < -0.39 is 0 Å². The van der Waals surface area contributed by atoms with Crippen LogP contribution < -0.4 is 15.5 Å². The summed E-state index contributed by atoms with van der Waals surface area (Å²) in [5, 5.41) is 18.2. The number of likely N-dealkylation sites (N-methyl/N-ethyl adjacent to an activating group) is 3. The second-order valence-corrected chi connectivity index (χ2v) is 17.3. The van der Waals surface area contributed by atoms with E-state index in [1.807, 2.05) is 61.8 Å². The number of halogens is 3. The van der Waals surface area contributed by atoms with Gasteiger partial charge in [-0.2, -0.15) is 0 Å². The molecule has 65 heavy (non-hydrogen) atoms. The Morgan fingerprint density at radius 3 is 1.83 bits per heavy atom. The zero-order valence-electron chi connectivity index (χ0n) is 37.7. The lowest BCUT2D eigenvalue weighted by atomic mass is 9.96. The largest absolute Gasteiger partial charge is 0.392 e. The van der Waals surface area contributed by atoms with Crippen LogP contribution in [0.25, 0.3) is 0 Å². The summed E-state index contributed by atoms with van der Waals surface area (Å²) in [5.41, 5.74) is 13.7. The van der Waals surface area contributed by atoms with Crippen LogP contribution in [0.2, 0.25) is 0 Å². The number of aromatic nitrogens is 3. The monoisotopic (exact) mass is 1030 g/mol. The molecule has 3 atom stereocenters. The maximum Gasteiger partial charge on any atom is 0.134 e. The maximum atomic E-state index is 9.58. The van der Waals surface area contributed by atoms with E-state index in [1.54, 1.807) is 24.5 Å². The van der Waals surface area contributed by atoms with Crippen LogP contribution in [-0.2, 0) is 19.6 Å².